The first-order valence-electron chi connectivity index (χ1n) is 8.79. The van der Waals surface area contributed by atoms with Crippen LogP contribution in [-0.4, -0.2) is 69.3 Å². The van der Waals surface area contributed by atoms with Crippen molar-refractivity contribution in [3.63, 3.8) is 0 Å². The van der Waals surface area contributed by atoms with E-state index in [1.54, 1.807) is 29.2 Å². The lowest BCUT2D eigenvalue weighted by atomic mass is 10.5. The fraction of sp³-hybridized carbons (Fsp3) is 0.429. The van der Waals surface area contributed by atoms with Gasteiger partial charge in [-0.25, -0.2) is 30.2 Å². The maximum Gasteiger partial charge on any atom is 0.277 e. The molecule has 1 saturated heterocycles. The lowest BCUT2D eigenvalue weighted by Crippen LogP contribution is -2.49. The van der Waals surface area contributed by atoms with E-state index in [0.29, 0.717) is 22.0 Å². The number of halogens is 2. The molecule has 2 N–H and O–H groups in total. The molecule has 0 spiro atoms. The van der Waals surface area contributed by atoms with Gasteiger partial charge in [0, 0.05) is 36.2 Å². The van der Waals surface area contributed by atoms with Crippen LogP contribution in [0.4, 0.5) is 0 Å². The molecular weight excluding hydrogens is 523 g/mol. The zero-order chi connectivity index (χ0) is 24.4. The van der Waals surface area contributed by atoms with Crippen LogP contribution in [0.15, 0.2) is 22.6 Å². The highest BCUT2D eigenvalue weighted by Crippen LogP contribution is 2.21. The zero-order valence-electron chi connectivity index (χ0n) is 17.2. The highest BCUT2D eigenvalue weighted by Gasteiger charge is 2.25. The van der Waals surface area contributed by atoms with Crippen molar-refractivity contribution in [2.24, 2.45) is 10.2 Å². The van der Waals surface area contributed by atoms with Crippen molar-refractivity contribution in [2.45, 2.75) is 13.1 Å². The molecule has 2 aromatic heterocycles. The zero-order valence-corrected chi connectivity index (χ0v) is 20.3. The maximum absolute atomic E-state index is 10.5. The molecule has 0 aromatic carbocycles. The molecule has 0 amide bonds. The van der Waals surface area contributed by atoms with Gasteiger partial charge >= 0.3 is 0 Å². The first-order valence-corrected chi connectivity index (χ1v) is 11.2. The first kappa shape index (κ1) is 26.4. The standard InChI is InChI=1S/C8H10ClN5O3S.C6H8ClN5O2S/c1-12-4-17-5-13(8(12)11-14(15)16)3-6-2-10-7(9)18-6;1-8-6(11-12(13)14)10-3-4-2-9-5(7)15-4/h2H,3-5H2,1H3;2H,3H2,1H3,(H2,8,10,11)/b11-8+;. The summed E-state index contributed by atoms with van der Waals surface area (Å²) in [5.41, 5.74) is 0. The Bertz CT molecular complexity index is 1020. The van der Waals surface area contributed by atoms with Crippen LogP contribution in [0, 0.1) is 20.2 Å². The van der Waals surface area contributed by atoms with E-state index in [4.69, 9.17) is 27.9 Å². The summed E-state index contributed by atoms with van der Waals surface area (Å²) in [4.78, 5) is 33.3. The number of hydrogen-bond acceptors (Lipinski definition) is 9. The van der Waals surface area contributed by atoms with Gasteiger partial charge in [-0.05, 0) is 0 Å². The number of hydrogen-bond donors (Lipinski definition) is 2. The Labute approximate surface area is 205 Å². The summed E-state index contributed by atoms with van der Waals surface area (Å²) in [7, 11) is 3.21. The Hall–Kier alpha value is -2.86. The lowest BCUT2D eigenvalue weighted by Gasteiger charge is -2.34. The number of nitrogens with zero attached hydrogens (tertiary/aromatic N) is 8. The van der Waals surface area contributed by atoms with Crippen molar-refractivity contribution in [3.05, 3.63) is 51.3 Å². The minimum Gasteiger partial charge on any atom is -0.354 e. The fourth-order valence-corrected chi connectivity index (χ4v) is 4.22. The summed E-state index contributed by atoms with van der Waals surface area (Å²) in [6.45, 7) is 1.32. The SMILES string of the molecule is CN/C(=N\[N+](=O)[O-])NCc1cnc(Cl)s1.CN1COCN(Cc2cnc(Cl)s2)/C1=N/[N+](=O)[O-]. The number of ether oxygens (including phenoxy) is 1. The summed E-state index contributed by atoms with van der Waals surface area (Å²) >= 11 is 14.0. The van der Waals surface area contributed by atoms with E-state index >= 15 is 0 Å². The third kappa shape index (κ3) is 9.26. The molecule has 180 valence electrons. The van der Waals surface area contributed by atoms with Gasteiger partial charge in [0.25, 0.3) is 11.9 Å². The first-order chi connectivity index (χ1) is 15.7. The van der Waals surface area contributed by atoms with Crippen LogP contribution < -0.4 is 10.6 Å². The largest absolute Gasteiger partial charge is 0.354 e. The second kappa shape index (κ2) is 13.0. The molecule has 19 heteroatoms. The molecule has 0 atom stereocenters. The summed E-state index contributed by atoms with van der Waals surface area (Å²) in [6, 6.07) is 0. The van der Waals surface area contributed by atoms with Crippen molar-refractivity contribution < 1.29 is 14.8 Å². The highest BCUT2D eigenvalue weighted by molar-refractivity contribution is 7.16. The molecule has 0 bridgehead atoms. The van der Waals surface area contributed by atoms with E-state index in [9.17, 15) is 20.2 Å². The van der Waals surface area contributed by atoms with Crippen LogP contribution in [0.25, 0.3) is 0 Å². The molecule has 0 saturated carbocycles. The van der Waals surface area contributed by atoms with E-state index in [0.717, 1.165) is 9.75 Å². The van der Waals surface area contributed by atoms with Gasteiger partial charge in [-0.15, -0.1) is 22.7 Å². The van der Waals surface area contributed by atoms with Gasteiger partial charge in [-0.3, -0.25) is 0 Å². The number of hydrazone groups is 2. The quantitative estimate of drug-likeness (QED) is 0.235. The Balaban J connectivity index is 0.000000238. The molecule has 2 aromatic rings. The van der Waals surface area contributed by atoms with Crippen LogP contribution in [0.5, 0.6) is 0 Å². The summed E-state index contributed by atoms with van der Waals surface area (Å²) in [5, 5.41) is 30.8. The fourth-order valence-electron chi connectivity index (χ4n) is 2.31. The van der Waals surface area contributed by atoms with Crippen LogP contribution in [0.2, 0.25) is 8.93 Å². The van der Waals surface area contributed by atoms with E-state index < -0.39 is 10.1 Å². The van der Waals surface area contributed by atoms with Gasteiger partial charge < -0.3 is 25.2 Å². The number of aromatic nitrogens is 2. The summed E-state index contributed by atoms with van der Waals surface area (Å²) in [5.74, 6) is 0.347. The minimum atomic E-state index is -0.779. The third-order valence-electron chi connectivity index (χ3n) is 3.57. The molecule has 1 fully saturated rings. The average Bonchev–Trinajstić information content (AvgIpc) is 3.35. The Morgan fingerprint density at radius 1 is 1.18 bits per heavy atom. The highest BCUT2D eigenvalue weighted by atomic mass is 35.5. The second-order valence-electron chi connectivity index (χ2n) is 5.95. The van der Waals surface area contributed by atoms with Gasteiger partial charge in [0.2, 0.25) is 0 Å². The van der Waals surface area contributed by atoms with Crippen LogP contribution >= 0.6 is 45.9 Å². The molecule has 1 aliphatic heterocycles. The van der Waals surface area contributed by atoms with Gasteiger partial charge in [0.15, 0.2) is 19.0 Å². The number of thiazole rings is 2. The molecule has 0 radical (unpaired) electrons. The number of nitrogens with one attached hydrogen (secondary N) is 2. The monoisotopic (exact) mass is 540 g/mol. The van der Waals surface area contributed by atoms with Gasteiger partial charge in [-0.1, -0.05) is 23.2 Å². The van der Waals surface area contributed by atoms with Crippen molar-refractivity contribution in [2.75, 3.05) is 27.6 Å². The van der Waals surface area contributed by atoms with Gasteiger partial charge in [0.05, 0.1) is 13.1 Å². The summed E-state index contributed by atoms with van der Waals surface area (Å²) in [6.07, 6.45) is 3.23. The molecule has 3 rings (SSSR count). The molecule has 15 nitrogen and oxygen atoms in total. The van der Waals surface area contributed by atoms with Crippen LogP contribution in [0.3, 0.4) is 0 Å². The van der Waals surface area contributed by atoms with Crippen molar-refractivity contribution in [1.82, 2.24) is 30.4 Å². The Morgan fingerprint density at radius 3 is 2.33 bits per heavy atom. The smallest absolute Gasteiger partial charge is 0.277 e. The second-order valence-corrected chi connectivity index (χ2v) is 9.34. The van der Waals surface area contributed by atoms with E-state index in [1.165, 1.54) is 29.7 Å². The van der Waals surface area contributed by atoms with Gasteiger partial charge in [0.1, 0.15) is 23.7 Å². The predicted octanol–water partition coefficient (Wildman–Crippen LogP) is 1.68. The molecule has 0 unspecified atom stereocenters. The molecule has 3 heterocycles. The third-order valence-corrected chi connectivity index (χ3v) is 5.79. The molecule has 1 aliphatic rings. The molecule has 33 heavy (non-hydrogen) atoms. The number of nitro groups is 2. The van der Waals surface area contributed by atoms with E-state index in [-0.39, 0.29) is 25.4 Å². The number of rotatable bonds is 6. The Morgan fingerprint density at radius 2 is 1.82 bits per heavy atom. The summed E-state index contributed by atoms with van der Waals surface area (Å²) < 4.78 is 6.15. The van der Waals surface area contributed by atoms with E-state index in [2.05, 4.69) is 30.8 Å². The minimum absolute atomic E-state index is 0.0875. The van der Waals surface area contributed by atoms with E-state index in [1.807, 2.05) is 0 Å². The maximum atomic E-state index is 10.5. The topological polar surface area (TPSA) is 177 Å². The van der Waals surface area contributed by atoms with Crippen LogP contribution in [-0.2, 0) is 17.8 Å². The molecular formula is C14H18Cl2N10O5S2. The molecule has 0 aliphatic carbocycles. The predicted molar refractivity (Wildman–Crippen MR) is 123 cm³/mol. The van der Waals surface area contributed by atoms with Crippen molar-refractivity contribution >= 4 is 57.8 Å². The lowest BCUT2D eigenvalue weighted by molar-refractivity contribution is -0.486. The van der Waals surface area contributed by atoms with Gasteiger partial charge in [-0.2, -0.15) is 0 Å². The number of guanidine groups is 2. The van der Waals surface area contributed by atoms with Crippen molar-refractivity contribution in [1.29, 1.82) is 0 Å². The van der Waals surface area contributed by atoms with Crippen molar-refractivity contribution in [3.8, 4) is 0 Å². The van der Waals surface area contributed by atoms with Crippen LogP contribution in [0.1, 0.15) is 9.75 Å². The normalized spacial score (nSPS) is 15.2. The Kier molecular flexibility index (Phi) is 10.4. The average molecular weight is 541 g/mol.